The fraction of sp³-hybridized carbons (Fsp3) is 0.423. The van der Waals surface area contributed by atoms with Crippen LogP contribution in [0.5, 0.6) is 17.2 Å². The molecule has 35 heavy (non-hydrogen) atoms. The summed E-state index contributed by atoms with van der Waals surface area (Å²) in [6.07, 6.45) is 2.48. The van der Waals surface area contributed by atoms with Crippen LogP contribution in [0.25, 0.3) is 10.9 Å². The van der Waals surface area contributed by atoms with Gasteiger partial charge in [0.2, 0.25) is 0 Å². The van der Waals surface area contributed by atoms with Crippen molar-refractivity contribution in [3.05, 3.63) is 59.3 Å². The molecule has 7 nitrogen and oxygen atoms in total. The molecule has 0 bridgehead atoms. The largest absolute Gasteiger partial charge is 0.497 e. The number of aliphatic hydroxyl groups is 1. The van der Waals surface area contributed by atoms with Crippen LogP contribution in [0.15, 0.2) is 36.5 Å². The molecule has 2 aliphatic rings. The summed E-state index contributed by atoms with van der Waals surface area (Å²) in [7, 11) is 1.48. The highest BCUT2D eigenvalue weighted by atomic mass is 19.1. The van der Waals surface area contributed by atoms with Crippen molar-refractivity contribution in [2.24, 2.45) is 0 Å². The van der Waals surface area contributed by atoms with Gasteiger partial charge in [-0.15, -0.1) is 0 Å². The number of aromatic nitrogens is 1. The van der Waals surface area contributed by atoms with Crippen molar-refractivity contribution < 1.29 is 28.1 Å². The van der Waals surface area contributed by atoms with E-state index in [1.807, 2.05) is 0 Å². The zero-order chi connectivity index (χ0) is 24.4. The number of ether oxygens (including phenoxy) is 3. The standard InChI is InChI=1S/C26H29F2N3O4/c1-33-18-11-20-19(2-5-29-26(20)22(28)12-18)23(32)15-31-6-3-17(4-7-31)30-14-16-10-24-25(13-21(16)27)35-9-8-34-24/h2,5,10-13,17,23,30,32H,3-4,6-9,14-15H2,1H3/t23-/m0/s1. The number of fused-ring (bicyclic) bond motifs is 2. The number of hydrogen-bond acceptors (Lipinski definition) is 7. The van der Waals surface area contributed by atoms with Crippen molar-refractivity contribution in [3.8, 4) is 17.2 Å². The first-order valence-electron chi connectivity index (χ1n) is 11.9. The molecule has 5 rings (SSSR count). The molecule has 2 N–H and O–H groups in total. The third-order valence-corrected chi connectivity index (χ3v) is 6.71. The van der Waals surface area contributed by atoms with Crippen molar-refractivity contribution in [1.29, 1.82) is 0 Å². The molecule has 186 valence electrons. The van der Waals surface area contributed by atoms with Crippen LogP contribution < -0.4 is 19.5 Å². The van der Waals surface area contributed by atoms with Gasteiger partial charge in [0.15, 0.2) is 17.3 Å². The second-order valence-corrected chi connectivity index (χ2v) is 8.96. The van der Waals surface area contributed by atoms with Crippen LogP contribution in [0.3, 0.4) is 0 Å². The maximum atomic E-state index is 14.4. The third-order valence-electron chi connectivity index (χ3n) is 6.71. The minimum absolute atomic E-state index is 0.219. The number of likely N-dealkylation sites (tertiary alicyclic amines) is 1. The van der Waals surface area contributed by atoms with Crippen LogP contribution in [0, 0.1) is 11.6 Å². The molecular weight excluding hydrogens is 456 g/mol. The average Bonchev–Trinajstić information content (AvgIpc) is 2.87. The minimum atomic E-state index is -0.789. The van der Waals surface area contributed by atoms with Gasteiger partial charge in [-0.05, 0) is 49.7 Å². The Hall–Kier alpha value is -3.01. The zero-order valence-electron chi connectivity index (χ0n) is 19.6. The summed E-state index contributed by atoms with van der Waals surface area (Å²) < 4.78 is 45.0. The van der Waals surface area contributed by atoms with Crippen LogP contribution in [0.1, 0.15) is 30.1 Å². The number of aliphatic hydroxyl groups excluding tert-OH is 1. The number of halogens is 2. The van der Waals surface area contributed by atoms with Crippen LogP contribution >= 0.6 is 0 Å². The molecule has 3 aromatic rings. The molecule has 9 heteroatoms. The fourth-order valence-electron chi connectivity index (χ4n) is 4.77. The smallest absolute Gasteiger partial charge is 0.164 e. The molecule has 1 aromatic heterocycles. The molecule has 2 aromatic carbocycles. The highest BCUT2D eigenvalue weighted by Gasteiger charge is 2.24. The second-order valence-electron chi connectivity index (χ2n) is 8.96. The number of pyridine rings is 1. The normalized spacial score (nSPS) is 17.5. The van der Waals surface area contributed by atoms with Crippen molar-refractivity contribution in [2.45, 2.75) is 31.5 Å². The molecule has 0 amide bonds. The highest BCUT2D eigenvalue weighted by Crippen LogP contribution is 2.33. The molecule has 1 fully saturated rings. The van der Waals surface area contributed by atoms with Gasteiger partial charge in [-0.3, -0.25) is 4.98 Å². The fourth-order valence-corrected chi connectivity index (χ4v) is 4.77. The Labute approximate surface area is 202 Å². The maximum Gasteiger partial charge on any atom is 0.164 e. The van der Waals surface area contributed by atoms with E-state index in [9.17, 15) is 13.9 Å². The summed E-state index contributed by atoms with van der Waals surface area (Å²) >= 11 is 0. The third kappa shape index (κ3) is 5.17. The van der Waals surface area contributed by atoms with E-state index in [0.717, 1.165) is 25.9 Å². The number of β-amino-alcohol motifs (C(OH)–C–C–N with tert-alkyl or cyclic N) is 1. The molecule has 1 saturated heterocycles. The van der Waals surface area contributed by atoms with E-state index in [4.69, 9.17) is 14.2 Å². The number of piperidine rings is 1. The van der Waals surface area contributed by atoms with Gasteiger partial charge in [-0.1, -0.05) is 0 Å². The maximum absolute atomic E-state index is 14.4. The van der Waals surface area contributed by atoms with Crippen LogP contribution in [0.2, 0.25) is 0 Å². The van der Waals surface area contributed by atoms with E-state index < -0.39 is 11.9 Å². The second kappa shape index (κ2) is 10.3. The first-order chi connectivity index (χ1) is 17.0. The Balaban J connectivity index is 1.17. The molecule has 2 aliphatic heterocycles. The molecule has 0 radical (unpaired) electrons. The Morgan fingerprint density at radius 2 is 1.86 bits per heavy atom. The van der Waals surface area contributed by atoms with Gasteiger partial charge in [0, 0.05) is 48.4 Å². The lowest BCUT2D eigenvalue weighted by Crippen LogP contribution is -2.43. The number of methoxy groups -OCH3 is 1. The molecule has 0 aliphatic carbocycles. The number of nitrogens with zero attached hydrogens (tertiary/aromatic N) is 2. The van der Waals surface area contributed by atoms with Gasteiger partial charge >= 0.3 is 0 Å². The zero-order valence-corrected chi connectivity index (χ0v) is 19.6. The number of benzene rings is 2. The van der Waals surface area contributed by atoms with Gasteiger partial charge in [-0.2, -0.15) is 0 Å². The van der Waals surface area contributed by atoms with Gasteiger partial charge in [-0.25, -0.2) is 8.78 Å². The summed E-state index contributed by atoms with van der Waals surface area (Å²) in [5.41, 5.74) is 1.40. The van der Waals surface area contributed by atoms with E-state index >= 15 is 0 Å². The van der Waals surface area contributed by atoms with Crippen LogP contribution in [0.4, 0.5) is 8.78 Å². The van der Waals surface area contributed by atoms with Crippen molar-refractivity contribution >= 4 is 10.9 Å². The van der Waals surface area contributed by atoms with Gasteiger partial charge < -0.3 is 29.5 Å². The van der Waals surface area contributed by atoms with Crippen molar-refractivity contribution in [1.82, 2.24) is 15.2 Å². The van der Waals surface area contributed by atoms with Gasteiger partial charge in [0.05, 0.1) is 13.2 Å². The Morgan fingerprint density at radius 1 is 1.11 bits per heavy atom. The summed E-state index contributed by atoms with van der Waals surface area (Å²) in [6, 6.07) is 8.06. The summed E-state index contributed by atoms with van der Waals surface area (Å²) in [5.74, 6) is 0.638. The van der Waals surface area contributed by atoms with E-state index in [1.54, 1.807) is 18.2 Å². The van der Waals surface area contributed by atoms with Crippen LogP contribution in [-0.2, 0) is 6.54 Å². The lowest BCUT2D eigenvalue weighted by Gasteiger charge is -2.34. The summed E-state index contributed by atoms with van der Waals surface area (Å²) in [6.45, 7) is 3.32. The van der Waals surface area contributed by atoms with E-state index in [-0.39, 0.29) is 17.4 Å². The van der Waals surface area contributed by atoms with Crippen molar-refractivity contribution in [2.75, 3.05) is 40.0 Å². The summed E-state index contributed by atoms with van der Waals surface area (Å²) in [4.78, 5) is 6.32. The quantitative estimate of drug-likeness (QED) is 0.530. The predicted octanol–water partition coefficient (Wildman–Crippen LogP) is 3.58. The Bertz CT molecular complexity index is 1200. The Kier molecular flexibility index (Phi) is 6.99. The molecular formula is C26H29F2N3O4. The minimum Gasteiger partial charge on any atom is -0.497 e. The molecule has 0 spiro atoms. The van der Waals surface area contributed by atoms with Gasteiger partial charge in [0.25, 0.3) is 0 Å². The Morgan fingerprint density at radius 3 is 2.60 bits per heavy atom. The first-order valence-corrected chi connectivity index (χ1v) is 11.9. The summed E-state index contributed by atoms with van der Waals surface area (Å²) in [5, 5.41) is 15.0. The molecule has 0 unspecified atom stereocenters. The van der Waals surface area contributed by atoms with E-state index in [0.29, 0.717) is 60.1 Å². The number of nitrogens with one attached hydrogen (secondary N) is 1. The molecule has 0 saturated carbocycles. The molecule has 1 atom stereocenters. The average molecular weight is 486 g/mol. The number of rotatable bonds is 7. The number of hydrogen-bond donors (Lipinski definition) is 2. The lowest BCUT2D eigenvalue weighted by molar-refractivity contribution is 0.0948. The van der Waals surface area contributed by atoms with E-state index in [1.165, 1.54) is 25.4 Å². The molecule has 3 heterocycles. The lowest BCUT2D eigenvalue weighted by atomic mass is 10.0. The van der Waals surface area contributed by atoms with Gasteiger partial charge in [0.1, 0.15) is 30.3 Å². The topological polar surface area (TPSA) is 76.1 Å². The first kappa shape index (κ1) is 23.7. The van der Waals surface area contributed by atoms with Crippen molar-refractivity contribution in [3.63, 3.8) is 0 Å². The highest BCUT2D eigenvalue weighted by molar-refractivity contribution is 5.84. The van der Waals surface area contributed by atoms with E-state index in [2.05, 4.69) is 15.2 Å². The predicted molar refractivity (Wildman–Crippen MR) is 127 cm³/mol. The SMILES string of the molecule is COc1cc(F)c2nccc([C@@H](O)CN3CCC(NCc4cc5c(cc4F)OCCO5)CC3)c2c1. The van der Waals surface area contributed by atoms with Crippen LogP contribution in [-0.4, -0.2) is 61.0 Å². The monoisotopic (exact) mass is 485 g/mol.